The number of aryl methyl sites for hydroxylation is 1. The van der Waals surface area contributed by atoms with Gasteiger partial charge in [0.2, 0.25) is 15.9 Å². The number of nitrogens with one attached hydrogen (secondary N) is 1. The number of nitrogens with zero attached hydrogens (tertiary/aromatic N) is 1. The Balaban J connectivity index is 1.87. The number of amides is 1. The molecule has 7 heteroatoms. The fraction of sp³-hybridized carbons (Fsp3) is 0.316. The van der Waals surface area contributed by atoms with Gasteiger partial charge < -0.3 is 5.32 Å². The van der Waals surface area contributed by atoms with E-state index >= 15 is 0 Å². The molecule has 3 rings (SSSR count). The molecule has 0 bridgehead atoms. The Hall–Kier alpha value is -1.89. The van der Waals surface area contributed by atoms with Crippen molar-refractivity contribution in [1.82, 2.24) is 4.31 Å². The van der Waals surface area contributed by atoms with E-state index in [0.29, 0.717) is 23.7 Å². The first-order valence-electron chi connectivity index (χ1n) is 8.53. The number of carbonyl (C=O) groups is 1. The van der Waals surface area contributed by atoms with E-state index in [1.807, 2.05) is 13.0 Å². The number of rotatable bonds is 4. The van der Waals surface area contributed by atoms with E-state index in [1.54, 1.807) is 42.5 Å². The molecule has 0 saturated carbocycles. The summed E-state index contributed by atoms with van der Waals surface area (Å²) in [7, 11) is -3.72. The third-order valence-electron chi connectivity index (χ3n) is 4.56. The molecule has 5 nitrogen and oxygen atoms in total. The molecule has 1 heterocycles. The molecular weight excluding hydrogens is 372 g/mol. The van der Waals surface area contributed by atoms with Gasteiger partial charge in [0.15, 0.2) is 0 Å². The number of sulfonamides is 1. The number of carbonyl (C=O) groups excluding carboxylic acids is 1. The van der Waals surface area contributed by atoms with Crippen molar-refractivity contribution in [3.63, 3.8) is 0 Å². The summed E-state index contributed by atoms with van der Waals surface area (Å²) in [5.74, 6) is -0.324. The van der Waals surface area contributed by atoms with Crippen LogP contribution in [0.5, 0.6) is 0 Å². The summed E-state index contributed by atoms with van der Waals surface area (Å²) in [5, 5.41) is 3.36. The first-order chi connectivity index (χ1) is 12.4. The van der Waals surface area contributed by atoms with Crippen LogP contribution in [0.1, 0.15) is 24.8 Å². The molecule has 0 radical (unpaired) electrons. The van der Waals surface area contributed by atoms with E-state index in [9.17, 15) is 13.2 Å². The minimum absolute atomic E-state index is 0.207. The fourth-order valence-electron chi connectivity index (χ4n) is 3.13. The lowest BCUT2D eigenvalue weighted by Gasteiger charge is -2.33. The van der Waals surface area contributed by atoms with Crippen LogP contribution in [0.15, 0.2) is 53.4 Å². The molecule has 0 unspecified atom stereocenters. The summed E-state index contributed by atoms with van der Waals surface area (Å²) >= 11 is 6.01. The van der Waals surface area contributed by atoms with Crippen molar-refractivity contribution >= 4 is 33.2 Å². The minimum atomic E-state index is -3.72. The lowest BCUT2D eigenvalue weighted by Crippen LogP contribution is -2.49. The number of piperidine rings is 1. The van der Waals surface area contributed by atoms with Crippen LogP contribution in [0.25, 0.3) is 0 Å². The van der Waals surface area contributed by atoms with Crippen molar-refractivity contribution < 1.29 is 13.2 Å². The number of anilines is 1. The highest BCUT2D eigenvalue weighted by Gasteiger charge is 2.37. The van der Waals surface area contributed by atoms with Gasteiger partial charge in [-0.3, -0.25) is 4.79 Å². The van der Waals surface area contributed by atoms with Gasteiger partial charge in [0.05, 0.1) is 4.90 Å². The zero-order valence-electron chi connectivity index (χ0n) is 14.5. The Morgan fingerprint density at radius 3 is 2.62 bits per heavy atom. The van der Waals surface area contributed by atoms with Crippen LogP contribution < -0.4 is 5.32 Å². The Kier molecular flexibility index (Phi) is 5.65. The molecule has 1 saturated heterocycles. The average Bonchev–Trinajstić information content (AvgIpc) is 2.65. The molecule has 1 fully saturated rings. The lowest BCUT2D eigenvalue weighted by molar-refractivity contribution is -0.120. The van der Waals surface area contributed by atoms with E-state index in [2.05, 4.69) is 5.32 Å². The van der Waals surface area contributed by atoms with Gasteiger partial charge in [-0.15, -0.1) is 0 Å². The molecule has 0 aromatic heterocycles. The van der Waals surface area contributed by atoms with Crippen LogP contribution in [-0.2, 0) is 14.8 Å². The standard InChI is InChI=1S/C19H21ClN2O3S/c1-14-10-11-15(20)13-17(14)21-19(23)18-9-5-6-12-22(18)26(24,25)16-7-3-2-4-8-16/h2-4,7-8,10-11,13,18H,5-6,9,12H2,1H3,(H,21,23)/t18-/m1/s1. The average molecular weight is 393 g/mol. The Bertz CT molecular complexity index is 900. The molecule has 1 atom stereocenters. The van der Waals surface area contributed by atoms with Crippen molar-refractivity contribution in [2.75, 3.05) is 11.9 Å². The number of hydrogen-bond acceptors (Lipinski definition) is 3. The molecule has 138 valence electrons. The van der Waals surface area contributed by atoms with Crippen LogP contribution in [0.2, 0.25) is 5.02 Å². The highest BCUT2D eigenvalue weighted by molar-refractivity contribution is 7.89. The van der Waals surface area contributed by atoms with Crippen molar-refractivity contribution in [3.8, 4) is 0 Å². The molecule has 1 amide bonds. The highest BCUT2D eigenvalue weighted by atomic mass is 35.5. The molecule has 1 aliphatic heterocycles. The topological polar surface area (TPSA) is 66.5 Å². The van der Waals surface area contributed by atoms with Crippen LogP contribution in [0.3, 0.4) is 0 Å². The van der Waals surface area contributed by atoms with E-state index in [-0.39, 0.29) is 10.8 Å². The van der Waals surface area contributed by atoms with Crippen LogP contribution in [0, 0.1) is 6.92 Å². The highest BCUT2D eigenvalue weighted by Crippen LogP contribution is 2.27. The number of halogens is 1. The Labute approximate surface area is 159 Å². The first-order valence-corrected chi connectivity index (χ1v) is 10.4. The number of benzene rings is 2. The Morgan fingerprint density at radius 1 is 1.15 bits per heavy atom. The lowest BCUT2D eigenvalue weighted by atomic mass is 10.0. The Morgan fingerprint density at radius 2 is 1.88 bits per heavy atom. The summed E-state index contributed by atoms with van der Waals surface area (Å²) in [4.78, 5) is 13.1. The van der Waals surface area contributed by atoms with Gasteiger partial charge in [-0.25, -0.2) is 8.42 Å². The van der Waals surface area contributed by atoms with Crippen molar-refractivity contribution in [2.24, 2.45) is 0 Å². The number of hydrogen-bond donors (Lipinski definition) is 1. The summed E-state index contributed by atoms with van der Waals surface area (Å²) in [5.41, 5.74) is 1.47. The molecule has 0 aliphatic carbocycles. The molecule has 2 aromatic carbocycles. The van der Waals surface area contributed by atoms with E-state index in [1.165, 1.54) is 4.31 Å². The van der Waals surface area contributed by atoms with Gasteiger partial charge in [0, 0.05) is 17.3 Å². The van der Waals surface area contributed by atoms with Gasteiger partial charge in [0.25, 0.3) is 0 Å². The quantitative estimate of drug-likeness (QED) is 0.859. The fourth-order valence-corrected chi connectivity index (χ4v) is 4.98. The maximum Gasteiger partial charge on any atom is 0.243 e. The first kappa shape index (κ1) is 18.9. The molecular formula is C19H21ClN2O3S. The van der Waals surface area contributed by atoms with Crippen LogP contribution in [-0.4, -0.2) is 31.2 Å². The van der Waals surface area contributed by atoms with E-state index in [0.717, 1.165) is 18.4 Å². The summed E-state index contributed by atoms with van der Waals surface area (Å²) in [6, 6.07) is 12.8. The molecule has 0 spiro atoms. The van der Waals surface area contributed by atoms with Gasteiger partial charge in [-0.2, -0.15) is 4.31 Å². The van der Waals surface area contributed by atoms with Crippen molar-refractivity contribution in [3.05, 3.63) is 59.1 Å². The van der Waals surface area contributed by atoms with Crippen LogP contribution in [0.4, 0.5) is 5.69 Å². The predicted octanol–water partition coefficient (Wildman–Crippen LogP) is 3.83. The molecule has 1 N–H and O–H groups in total. The molecule has 2 aromatic rings. The maximum absolute atomic E-state index is 13.0. The molecule has 1 aliphatic rings. The third-order valence-corrected chi connectivity index (χ3v) is 6.72. The van der Waals surface area contributed by atoms with Crippen LogP contribution >= 0.6 is 11.6 Å². The van der Waals surface area contributed by atoms with Gasteiger partial charge >= 0.3 is 0 Å². The van der Waals surface area contributed by atoms with E-state index < -0.39 is 16.1 Å². The SMILES string of the molecule is Cc1ccc(Cl)cc1NC(=O)[C@H]1CCCCN1S(=O)(=O)c1ccccc1. The van der Waals surface area contributed by atoms with E-state index in [4.69, 9.17) is 11.6 Å². The van der Waals surface area contributed by atoms with Gasteiger partial charge in [0.1, 0.15) is 6.04 Å². The second-order valence-electron chi connectivity index (χ2n) is 6.39. The zero-order valence-corrected chi connectivity index (χ0v) is 16.1. The van der Waals surface area contributed by atoms with Crippen molar-refractivity contribution in [1.29, 1.82) is 0 Å². The smallest absolute Gasteiger partial charge is 0.243 e. The summed E-state index contributed by atoms with van der Waals surface area (Å²) in [6.07, 6.45) is 2.05. The maximum atomic E-state index is 13.0. The third kappa shape index (κ3) is 3.92. The second kappa shape index (κ2) is 7.78. The van der Waals surface area contributed by atoms with Gasteiger partial charge in [-0.1, -0.05) is 42.3 Å². The van der Waals surface area contributed by atoms with Gasteiger partial charge in [-0.05, 0) is 49.6 Å². The normalized spacial score (nSPS) is 18.5. The minimum Gasteiger partial charge on any atom is -0.324 e. The second-order valence-corrected chi connectivity index (χ2v) is 8.72. The zero-order chi connectivity index (χ0) is 18.7. The van der Waals surface area contributed by atoms with Crippen molar-refractivity contribution in [2.45, 2.75) is 37.1 Å². The summed E-state index contributed by atoms with van der Waals surface area (Å²) in [6.45, 7) is 2.20. The predicted molar refractivity (Wildman–Crippen MR) is 103 cm³/mol. The monoisotopic (exact) mass is 392 g/mol. The largest absolute Gasteiger partial charge is 0.324 e. The molecule has 26 heavy (non-hydrogen) atoms. The summed E-state index contributed by atoms with van der Waals surface area (Å²) < 4.78 is 27.3.